The summed E-state index contributed by atoms with van der Waals surface area (Å²) in [5, 5.41) is 0. The van der Waals surface area contributed by atoms with Crippen molar-refractivity contribution < 1.29 is 5.48 Å². The molecule has 0 saturated heterocycles. The van der Waals surface area contributed by atoms with Crippen LogP contribution in [0.4, 0.5) is 0 Å². The molecule has 0 aliphatic carbocycles. The van der Waals surface area contributed by atoms with Gasteiger partial charge in [0, 0.05) is 13.1 Å². The van der Waals surface area contributed by atoms with Gasteiger partial charge in [-0.25, -0.2) is 4.52 Å². The normalized spacial score (nSPS) is 10.1. The molecule has 0 rings (SSSR count). The molecule has 0 fully saturated rings. The fourth-order valence-electron chi connectivity index (χ4n) is 0.436. The molecule has 0 spiro atoms. The maximum Gasteiger partial charge on any atom is 0.0790 e. The average Bonchev–Trinajstić information content (AvgIpc) is 1.83. The van der Waals surface area contributed by atoms with E-state index in [-0.39, 0.29) is 5.48 Å². The zero-order chi connectivity index (χ0) is 6.41. The van der Waals surface area contributed by atoms with E-state index in [4.69, 9.17) is 0 Å². The van der Waals surface area contributed by atoms with Crippen LogP contribution in [0.1, 0.15) is 13.8 Å². The molecule has 0 aliphatic heterocycles. The van der Waals surface area contributed by atoms with Gasteiger partial charge in [0.25, 0.3) is 0 Å². The topological polar surface area (TPSA) is 47.1 Å². The SMILES string of the molecule is CCN(CC)PN=P.O. The highest BCUT2D eigenvalue weighted by atomic mass is 31.1. The highest BCUT2D eigenvalue weighted by Crippen LogP contribution is 2.18. The molecular formula is C4H14N2OP2. The summed E-state index contributed by atoms with van der Waals surface area (Å²) in [6.45, 7) is 6.44. The smallest absolute Gasteiger partial charge is 0.0790 e. The first-order chi connectivity index (χ1) is 3.85. The Bertz CT molecular complexity index is 67.6. The predicted octanol–water partition coefficient (Wildman–Crippen LogP) is 1.34. The van der Waals surface area contributed by atoms with Crippen molar-refractivity contribution in [2.45, 2.75) is 13.8 Å². The summed E-state index contributed by atoms with van der Waals surface area (Å²) >= 11 is 0. The van der Waals surface area contributed by atoms with Crippen LogP contribution in [-0.2, 0) is 0 Å². The lowest BCUT2D eigenvalue weighted by Crippen LogP contribution is -2.10. The highest BCUT2D eigenvalue weighted by Gasteiger charge is 1.92. The summed E-state index contributed by atoms with van der Waals surface area (Å²) < 4.78 is 6.08. The van der Waals surface area contributed by atoms with Gasteiger partial charge in [0.1, 0.15) is 0 Å². The van der Waals surface area contributed by atoms with E-state index in [2.05, 4.69) is 32.1 Å². The van der Waals surface area contributed by atoms with E-state index in [1.54, 1.807) is 0 Å². The molecule has 0 heterocycles. The van der Waals surface area contributed by atoms with Gasteiger partial charge in [-0.2, -0.15) is 0 Å². The molecule has 2 N–H and O–H groups in total. The Balaban J connectivity index is 0. The van der Waals surface area contributed by atoms with Crippen molar-refractivity contribution in [3.8, 4) is 0 Å². The fraction of sp³-hybridized carbons (Fsp3) is 1.00. The lowest BCUT2D eigenvalue weighted by molar-refractivity contribution is 0.516. The van der Waals surface area contributed by atoms with Crippen LogP contribution in [-0.4, -0.2) is 23.2 Å². The van der Waals surface area contributed by atoms with Crippen molar-refractivity contribution in [2.24, 2.45) is 4.52 Å². The average molecular weight is 168 g/mol. The van der Waals surface area contributed by atoms with Crippen molar-refractivity contribution >= 4 is 17.9 Å². The summed E-state index contributed by atoms with van der Waals surface area (Å²) in [4.78, 5) is 0. The third kappa shape index (κ3) is 6.33. The summed E-state index contributed by atoms with van der Waals surface area (Å²) in [5.74, 6) is 0. The zero-order valence-corrected chi connectivity index (χ0v) is 7.81. The Hall–Kier alpha value is 0.450. The van der Waals surface area contributed by atoms with E-state index in [0.717, 1.165) is 13.1 Å². The van der Waals surface area contributed by atoms with Gasteiger partial charge < -0.3 is 5.48 Å². The van der Waals surface area contributed by atoms with E-state index in [1.165, 1.54) is 0 Å². The molecule has 0 aromatic carbocycles. The number of nitrogens with zero attached hydrogens (tertiary/aromatic N) is 2. The standard InChI is InChI=1S/C4H12N2P2.H2O/c1-3-6(4-2)8-5-7;/h7-8H,3-4H2,1-2H3;1H2. The molecule has 56 valence electrons. The Morgan fingerprint density at radius 3 is 2.00 bits per heavy atom. The van der Waals surface area contributed by atoms with Gasteiger partial charge >= 0.3 is 0 Å². The van der Waals surface area contributed by atoms with Crippen LogP contribution in [0.3, 0.4) is 0 Å². The van der Waals surface area contributed by atoms with Gasteiger partial charge in [0.05, 0.1) is 8.88 Å². The van der Waals surface area contributed by atoms with Crippen molar-refractivity contribution in [3.05, 3.63) is 0 Å². The van der Waals surface area contributed by atoms with Crippen LogP contribution >= 0.6 is 17.9 Å². The number of rotatable bonds is 4. The van der Waals surface area contributed by atoms with E-state index in [9.17, 15) is 0 Å². The number of hydrogen-bond acceptors (Lipinski definition) is 2. The minimum Gasteiger partial charge on any atom is -0.412 e. The van der Waals surface area contributed by atoms with Crippen molar-refractivity contribution in [1.29, 1.82) is 0 Å². The molecule has 0 saturated carbocycles. The molecular weight excluding hydrogens is 154 g/mol. The first-order valence-corrected chi connectivity index (χ1v) is 4.06. The van der Waals surface area contributed by atoms with E-state index in [1.807, 2.05) is 0 Å². The third-order valence-electron chi connectivity index (χ3n) is 0.955. The third-order valence-corrected chi connectivity index (χ3v) is 2.27. The maximum absolute atomic E-state index is 3.84. The Kier molecular flexibility index (Phi) is 11.4. The Morgan fingerprint density at radius 1 is 1.44 bits per heavy atom. The van der Waals surface area contributed by atoms with Gasteiger partial charge in [-0.15, -0.1) is 0 Å². The van der Waals surface area contributed by atoms with Gasteiger partial charge in [-0.1, -0.05) is 13.8 Å². The van der Waals surface area contributed by atoms with E-state index in [0.29, 0.717) is 8.88 Å². The van der Waals surface area contributed by atoms with Crippen molar-refractivity contribution in [2.75, 3.05) is 13.1 Å². The lowest BCUT2D eigenvalue weighted by Gasteiger charge is -2.12. The van der Waals surface area contributed by atoms with Crippen molar-refractivity contribution in [3.63, 3.8) is 0 Å². The van der Waals surface area contributed by atoms with E-state index < -0.39 is 0 Å². The molecule has 0 bridgehead atoms. The van der Waals surface area contributed by atoms with Crippen LogP contribution in [0.2, 0.25) is 0 Å². The molecule has 0 amide bonds. The van der Waals surface area contributed by atoms with Gasteiger partial charge in [0.15, 0.2) is 0 Å². The molecule has 5 heteroatoms. The molecule has 9 heavy (non-hydrogen) atoms. The van der Waals surface area contributed by atoms with Crippen LogP contribution in [0, 0.1) is 0 Å². The lowest BCUT2D eigenvalue weighted by atomic mass is 10.7. The van der Waals surface area contributed by atoms with Crippen molar-refractivity contribution in [1.82, 2.24) is 4.67 Å². The molecule has 1 unspecified atom stereocenters. The summed E-state index contributed by atoms with van der Waals surface area (Å²) in [5.41, 5.74) is 0. The summed E-state index contributed by atoms with van der Waals surface area (Å²) in [7, 11) is 3.65. The van der Waals surface area contributed by atoms with Crippen LogP contribution < -0.4 is 0 Å². The molecule has 3 nitrogen and oxygen atoms in total. The largest absolute Gasteiger partial charge is 0.412 e. The van der Waals surface area contributed by atoms with Crippen LogP contribution in [0.15, 0.2) is 4.52 Å². The molecule has 0 radical (unpaired) electrons. The summed E-state index contributed by atoms with van der Waals surface area (Å²) in [6.07, 6.45) is 0. The molecule has 0 aliphatic rings. The molecule has 0 aromatic rings. The van der Waals surface area contributed by atoms with Gasteiger partial charge in [0.2, 0.25) is 0 Å². The highest BCUT2D eigenvalue weighted by molar-refractivity contribution is 7.38. The monoisotopic (exact) mass is 168 g/mol. The van der Waals surface area contributed by atoms with Gasteiger partial charge in [-0.05, 0) is 9.03 Å². The van der Waals surface area contributed by atoms with Crippen LogP contribution in [0.5, 0.6) is 0 Å². The minimum atomic E-state index is 0. The minimum absolute atomic E-state index is 0. The second-order valence-electron chi connectivity index (χ2n) is 1.38. The fourth-order valence-corrected chi connectivity index (χ4v) is 1.28. The predicted molar refractivity (Wildman–Crippen MR) is 45.6 cm³/mol. The van der Waals surface area contributed by atoms with Gasteiger partial charge in [-0.3, -0.25) is 4.67 Å². The zero-order valence-electron chi connectivity index (χ0n) is 5.81. The quantitative estimate of drug-likeness (QED) is 0.584. The number of hydrogen-bond donors (Lipinski definition) is 0. The Morgan fingerprint density at radius 2 is 1.89 bits per heavy atom. The maximum atomic E-state index is 3.84. The first-order valence-electron chi connectivity index (χ1n) is 2.72. The Labute approximate surface area is 60.3 Å². The molecule has 0 aromatic heterocycles. The molecule has 1 atom stereocenters. The van der Waals surface area contributed by atoms with E-state index >= 15 is 0 Å². The second kappa shape index (κ2) is 8.45. The summed E-state index contributed by atoms with van der Waals surface area (Å²) in [6, 6.07) is 0. The first kappa shape index (κ1) is 12.2. The second-order valence-corrected chi connectivity index (χ2v) is 3.11. The van der Waals surface area contributed by atoms with Crippen LogP contribution in [0.25, 0.3) is 0 Å².